The molecule has 1 fully saturated rings. The molecule has 7 heteroatoms. The monoisotopic (exact) mass is 239 g/mol. The lowest BCUT2D eigenvalue weighted by Gasteiger charge is -2.35. The first-order valence-corrected chi connectivity index (χ1v) is 5.24. The number of amides is 2. The molecule has 16 heavy (non-hydrogen) atoms. The van der Waals surface area contributed by atoms with Crippen LogP contribution in [0.1, 0.15) is 12.8 Å². The summed E-state index contributed by atoms with van der Waals surface area (Å²) in [6.45, 7) is 0.405. The molecule has 0 atom stereocenters. The van der Waals surface area contributed by atoms with Gasteiger partial charge in [-0.25, -0.2) is 4.79 Å². The summed E-state index contributed by atoms with van der Waals surface area (Å²) < 4.78 is 36.5. The smallest absolute Gasteiger partial charge is 0.330 e. The Hall–Kier alpha value is -0.980. The van der Waals surface area contributed by atoms with E-state index >= 15 is 0 Å². The average molecular weight is 239 g/mol. The number of urea groups is 1. The number of hydrogen-bond donors (Lipinski definition) is 1. The molecule has 0 spiro atoms. The topological polar surface area (TPSA) is 49.6 Å². The summed E-state index contributed by atoms with van der Waals surface area (Å²) in [5.74, 6) is 0. The van der Waals surface area contributed by atoms with Crippen LogP contribution in [-0.4, -0.2) is 54.7 Å². The average Bonchev–Trinajstić information content (AvgIpc) is 2.17. The number of nitrogens with zero attached hydrogens (tertiary/aromatic N) is 2. The predicted molar refractivity (Wildman–Crippen MR) is 52.9 cm³/mol. The van der Waals surface area contributed by atoms with Crippen LogP contribution in [0.2, 0.25) is 0 Å². The van der Waals surface area contributed by atoms with Crippen molar-refractivity contribution in [1.29, 1.82) is 0 Å². The minimum atomic E-state index is -4.33. The molecule has 0 radical (unpaired) electrons. The van der Waals surface area contributed by atoms with Crippen LogP contribution in [-0.2, 0) is 0 Å². The van der Waals surface area contributed by atoms with Crippen molar-refractivity contribution in [2.24, 2.45) is 5.73 Å². The highest BCUT2D eigenvalue weighted by molar-refractivity contribution is 5.75. The van der Waals surface area contributed by atoms with E-state index in [2.05, 4.69) is 0 Å². The van der Waals surface area contributed by atoms with Gasteiger partial charge in [0.2, 0.25) is 0 Å². The Kier molecular flexibility index (Phi) is 4.40. The Labute approximate surface area is 92.2 Å². The molecule has 4 nitrogen and oxygen atoms in total. The highest BCUT2D eigenvalue weighted by Gasteiger charge is 2.35. The Morgan fingerprint density at radius 1 is 1.25 bits per heavy atom. The van der Waals surface area contributed by atoms with Gasteiger partial charge in [0, 0.05) is 19.6 Å². The number of nitrogens with two attached hydrogens (primary N) is 1. The number of carbonyl (C=O) groups is 1. The van der Waals surface area contributed by atoms with Gasteiger partial charge in [-0.1, -0.05) is 0 Å². The molecule has 1 saturated heterocycles. The van der Waals surface area contributed by atoms with Crippen LogP contribution in [0.25, 0.3) is 0 Å². The highest BCUT2D eigenvalue weighted by atomic mass is 19.4. The Morgan fingerprint density at radius 3 is 2.44 bits per heavy atom. The molecule has 94 valence electrons. The van der Waals surface area contributed by atoms with E-state index in [1.807, 2.05) is 0 Å². The molecule has 2 amide bonds. The van der Waals surface area contributed by atoms with Gasteiger partial charge in [-0.15, -0.1) is 0 Å². The zero-order chi connectivity index (χ0) is 12.2. The maximum atomic E-state index is 12.2. The third-order valence-electron chi connectivity index (χ3n) is 2.40. The molecule has 1 aliphatic heterocycles. The van der Waals surface area contributed by atoms with E-state index in [0.717, 1.165) is 4.90 Å². The fraction of sp³-hybridized carbons (Fsp3) is 0.889. The van der Waals surface area contributed by atoms with Crippen LogP contribution in [0.3, 0.4) is 0 Å². The summed E-state index contributed by atoms with van der Waals surface area (Å²) in [6.07, 6.45) is -3.13. The normalized spacial score (nSPS) is 18.1. The molecule has 1 rings (SSSR count). The largest absolute Gasteiger partial charge is 0.406 e. The first kappa shape index (κ1) is 13.1. The summed E-state index contributed by atoms with van der Waals surface area (Å²) in [4.78, 5) is 13.9. The predicted octanol–water partition coefficient (Wildman–Crippen LogP) is 1.03. The summed E-state index contributed by atoms with van der Waals surface area (Å²) >= 11 is 0. The quantitative estimate of drug-likeness (QED) is 0.796. The molecular weight excluding hydrogens is 223 g/mol. The highest BCUT2D eigenvalue weighted by Crippen LogP contribution is 2.19. The number of carbonyl (C=O) groups excluding carboxylic acids is 1. The van der Waals surface area contributed by atoms with Gasteiger partial charge in [0.05, 0.1) is 0 Å². The summed E-state index contributed by atoms with van der Waals surface area (Å²) in [5.41, 5.74) is 5.30. The Balaban J connectivity index is 2.50. The maximum Gasteiger partial charge on any atom is 0.406 e. The van der Waals surface area contributed by atoms with Crippen LogP contribution >= 0.6 is 0 Å². The molecule has 0 unspecified atom stereocenters. The first-order valence-electron chi connectivity index (χ1n) is 5.24. The fourth-order valence-electron chi connectivity index (χ4n) is 1.70. The summed E-state index contributed by atoms with van der Waals surface area (Å²) in [6, 6.07) is -0.531. The van der Waals surface area contributed by atoms with Crippen LogP contribution in [0.15, 0.2) is 0 Å². The van der Waals surface area contributed by atoms with E-state index in [-0.39, 0.29) is 6.54 Å². The Bertz CT molecular complexity index is 245. The fourth-order valence-corrected chi connectivity index (χ4v) is 1.70. The van der Waals surface area contributed by atoms with Crippen molar-refractivity contribution in [1.82, 2.24) is 9.80 Å². The Morgan fingerprint density at radius 2 is 1.88 bits per heavy atom. The van der Waals surface area contributed by atoms with Crippen molar-refractivity contribution >= 4 is 6.03 Å². The maximum absolute atomic E-state index is 12.2. The third-order valence-corrected chi connectivity index (χ3v) is 2.40. The second kappa shape index (κ2) is 5.38. The van der Waals surface area contributed by atoms with E-state index in [1.165, 1.54) is 4.90 Å². The number of hydrogen-bond acceptors (Lipinski definition) is 2. The van der Waals surface area contributed by atoms with E-state index in [1.54, 1.807) is 0 Å². The minimum absolute atomic E-state index is 0.178. The molecule has 0 aliphatic carbocycles. The summed E-state index contributed by atoms with van der Waals surface area (Å²) in [7, 11) is 0. The minimum Gasteiger partial charge on any atom is -0.330 e. The molecule has 2 N–H and O–H groups in total. The van der Waals surface area contributed by atoms with Crippen LogP contribution in [0, 0.1) is 0 Å². The van der Waals surface area contributed by atoms with Crippen molar-refractivity contribution in [2.75, 3.05) is 32.7 Å². The van der Waals surface area contributed by atoms with Gasteiger partial charge in [0.1, 0.15) is 6.54 Å². The molecule has 0 aromatic carbocycles. The second-order valence-corrected chi connectivity index (χ2v) is 3.80. The van der Waals surface area contributed by atoms with E-state index < -0.39 is 18.8 Å². The standard InChI is InChI=1S/C9H16F3N3O/c10-9(11,12)7-15-6-2-5-14(8(15)16)4-1-3-13/h1-7,13H2. The number of rotatable bonds is 4. The van der Waals surface area contributed by atoms with Gasteiger partial charge in [-0.2, -0.15) is 13.2 Å². The van der Waals surface area contributed by atoms with Gasteiger partial charge in [-0.05, 0) is 19.4 Å². The summed E-state index contributed by atoms with van der Waals surface area (Å²) in [5, 5.41) is 0. The molecule has 0 aromatic heterocycles. The van der Waals surface area contributed by atoms with Crippen molar-refractivity contribution in [3.8, 4) is 0 Å². The van der Waals surface area contributed by atoms with Crippen molar-refractivity contribution in [2.45, 2.75) is 19.0 Å². The number of halogens is 3. The van der Waals surface area contributed by atoms with E-state index in [9.17, 15) is 18.0 Å². The van der Waals surface area contributed by atoms with E-state index in [0.29, 0.717) is 32.5 Å². The lowest BCUT2D eigenvalue weighted by atomic mass is 10.2. The van der Waals surface area contributed by atoms with Crippen molar-refractivity contribution < 1.29 is 18.0 Å². The molecule has 1 aliphatic rings. The van der Waals surface area contributed by atoms with Gasteiger partial charge < -0.3 is 15.5 Å². The van der Waals surface area contributed by atoms with Gasteiger partial charge in [0.15, 0.2) is 0 Å². The first-order chi connectivity index (χ1) is 7.44. The zero-order valence-electron chi connectivity index (χ0n) is 8.96. The molecular formula is C9H16F3N3O. The zero-order valence-corrected chi connectivity index (χ0v) is 8.96. The number of alkyl halides is 3. The van der Waals surface area contributed by atoms with Gasteiger partial charge in [0.25, 0.3) is 0 Å². The van der Waals surface area contributed by atoms with E-state index in [4.69, 9.17) is 5.73 Å². The second-order valence-electron chi connectivity index (χ2n) is 3.80. The third kappa shape index (κ3) is 3.88. The van der Waals surface area contributed by atoms with Crippen LogP contribution in [0.4, 0.5) is 18.0 Å². The molecule has 0 aromatic rings. The molecule has 1 heterocycles. The molecule has 0 bridgehead atoms. The van der Waals surface area contributed by atoms with Crippen LogP contribution < -0.4 is 5.73 Å². The van der Waals surface area contributed by atoms with Crippen molar-refractivity contribution in [3.05, 3.63) is 0 Å². The van der Waals surface area contributed by atoms with Gasteiger partial charge in [-0.3, -0.25) is 0 Å². The van der Waals surface area contributed by atoms with Gasteiger partial charge >= 0.3 is 12.2 Å². The van der Waals surface area contributed by atoms with Crippen molar-refractivity contribution in [3.63, 3.8) is 0 Å². The van der Waals surface area contributed by atoms with Crippen LogP contribution in [0.5, 0.6) is 0 Å². The lowest BCUT2D eigenvalue weighted by Crippen LogP contribution is -2.52. The molecule has 0 saturated carbocycles. The SMILES string of the molecule is NCCCN1CCCN(CC(F)(F)F)C1=O. The lowest BCUT2D eigenvalue weighted by molar-refractivity contribution is -0.142.